The van der Waals surface area contributed by atoms with E-state index in [1.165, 1.54) is 17.5 Å². The molecule has 0 aliphatic heterocycles. The first kappa shape index (κ1) is 15.8. The van der Waals surface area contributed by atoms with Gasteiger partial charge >= 0.3 is 0 Å². The second kappa shape index (κ2) is 8.76. The number of hydrogen-bond acceptors (Lipinski definition) is 1. The van der Waals surface area contributed by atoms with Gasteiger partial charge in [0.25, 0.3) is 0 Å². The first-order valence-corrected chi connectivity index (χ1v) is 7.30. The number of aryl methyl sites for hydroxylation is 1. The number of benzene rings is 1. The van der Waals surface area contributed by atoms with E-state index in [1.807, 2.05) is 6.08 Å². The molecule has 1 rings (SSSR count). The van der Waals surface area contributed by atoms with Crippen molar-refractivity contribution in [3.05, 3.63) is 42.0 Å². The van der Waals surface area contributed by atoms with Crippen LogP contribution in [0.15, 0.2) is 30.9 Å². The van der Waals surface area contributed by atoms with E-state index in [9.17, 15) is 0 Å². The second-order valence-electron chi connectivity index (χ2n) is 5.39. The number of quaternary nitrogens is 1. The Hall–Kier alpha value is -1.28. The van der Waals surface area contributed by atoms with E-state index in [1.54, 1.807) is 0 Å². The van der Waals surface area contributed by atoms with E-state index in [4.69, 9.17) is 4.74 Å². The van der Waals surface area contributed by atoms with Crippen LogP contribution in [0.2, 0.25) is 0 Å². The lowest BCUT2D eigenvalue weighted by Gasteiger charge is -2.11. The number of rotatable bonds is 9. The summed E-state index contributed by atoms with van der Waals surface area (Å²) in [6.07, 6.45) is 4.24. The van der Waals surface area contributed by atoms with Crippen LogP contribution in [-0.2, 0) is 0 Å². The van der Waals surface area contributed by atoms with Crippen molar-refractivity contribution in [1.29, 1.82) is 0 Å². The topological polar surface area (TPSA) is 25.8 Å². The zero-order valence-corrected chi connectivity index (χ0v) is 12.6. The van der Waals surface area contributed by atoms with Gasteiger partial charge in [-0.3, -0.25) is 0 Å². The lowest BCUT2D eigenvalue weighted by atomic mass is 10.0. The van der Waals surface area contributed by atoms with Crippen LogP contribution in [0.4, 0.5) is 0 Å². The van der Waals surface area contributed by atoms with Gasteiger partial charge in [0.1, 0.15) is 5.75 Å². The Balaban J connectivity index is 2.31. The molecule has 0 spiro atoms. The molecule has 0 aliphatic carbocycles. The Morgan fingerprint density at radius 3 is 2.74 bits per heavy atom. The molecule has 2 N–H and O–H groups in total. The van der Waals surface area contributed by atoms with E-state index >= 15 is 0 Å². The third-order valence-corrected chi connectivity index (χ3v) is 3.14. The largest absolute Gasteiger partial charge is 0.494 e. The quantitative estimate of drug-likeness (QED) is 0.537. The van der Waals surface area contributed by atoms with E-state index in [-0.39, 0.29) is 0 Å². The molecular formula is C17H28NO+. The molecule has 0 aromatic heterocycles. The molecule has 0 amide bonds. The molecule has 2 nitrogen and oxygen atoms in total. The van der Waals surface area contributed by atoms with Crippen LogP contribution in [0.1, 0.15) is 43.7 Å². The minimum atomic E-state index is 0.552. The molecule has 0 saturated carbocycles. The molecule has 0 aliphatic rings. The van der Waals surface area contributed by atoms with E-state index in [0.717, 1.165) is 31.9 Å². The molecule has 19 heavy (non-hydrogen) atoms. The molecule has 0 atom stereocenters. The van der Waals surface area contributed by atoms with Crippen molar-refractivity contribution in [2.24, 2.45) is 0 Å². The summed E-state index contributed by atoms with van der Waals surface area (Å²) in [5.41, 5.74) is 2.63. The molecule has 106 valence electrons. The molecule has 1 aromatic carbocycles. The molecule has 0 saturated heterocycles. The monoisotopic (exact) mass is 262 g/mol. The molecule has 0 unspecified atom stereocenters. The van der Waals surface area contributed by atoms with Crippen molar-refractivity contribution in [3.63, 3.8) is 0 Å². The molecule has 1 aromatic rings. The highest BCUT2D eigenvalue weighted by molar-refractivity contribution is 5.35. The van der Waals surface area contributed by atoms with E-state index in [0.29, 0.717) is 5.92 Å². The van der Waals surface area contributed by atoms with Gasteiger partial charge in [-0.15, -0.1) is 0 Å². The Kier molecular flexibility index (Phi) is 7.27. The van der Waals surface area contributed by atoms with Crippen molar-refractivity contribution in [2.45, 2.75) is 39.5 Å². The molecule has 0 fully saturated rings. The van der Waals surface area contributed by atoms with Crippen molar-refractivity contribution in [2.75, 3.05) is 19.7 Å². The Morgan fingerprint density at radius 1 is 1.26 bits per heavy atom. The highest BCUT2D eigenvalue weighted by Crippen LogP contribution is 2.22. The van der Waals surface area contributed by atoms with E-state index < -0.39 is 0 Å². The second-order valence-corrected chi connectivity index (χ2v) is 5.39. The summed E-state index contributed by atoms with van der Waals surface area (Å²) >= 11 is 0. The predicted octanol–water partition coefficient (Wildman–Crippen LogP) is 3.03. The zero-order chi connectivity index (χ0) is 14.1. The summed E-state index contributed by atoms with van der Waals surface area (Å²) in [7, 11) is 0. The van der Waals surface area contributed by atoms with Gasteiger partial charge in [0.15, 0.2) is 0 Å². The normalized spacial score (nSPS) is 10.7. The van der Waals surface area contributed by atoms with Crippen LogP contribution in [0.3, 0.4) is 0 Å². The average Bonchev–Trinajstić information content (AvgIpc) is 2.37. The van der Waals surface area contributed by atoms with Crippen LogP contribution in [0.25, 0.3) is 0 Å². The summed E-state index contributed by atoms with van der Waals surface area (Å²) in [6.45, 7) is 13.2. The van der Waals surface area contributed by atoms with Gasteiger partial charge in [0.2, 0.25) is 0 Å². The van der Waals surface area contributed by atoms with Crippen LogP contribution in [0, 0.1) is 6.92 Å². The average molecular weight is 262 g/mol. The van der Waals surface area contributed by atoms with Gasteiger partial charge in [-0.2, -0.15) is 0 Å². The lowest BCUT2D eigenvalue weighted by molar-refractivity contribution is -0.646. The van der Waals surface area contributed by atoms with Gasteiger partial charge in [0, 0.05) is 0 Å². The zero-order valence-electron chi connectivity index (χ0n) is 12.6. The minimum absolute atomic E-state index is 0.552. The molecule has 2 heteroatoms. The lowest BCUT2D eigenvalue weighted by Crippen LogP contribution is -2.83. The Bertz CT molecular complexity index is 385. The smallest absolute Gasteiger partial charge is 0.119 e. The predicted molar refractivity (Wildman–Crippen MR) is 81.9 cm³/mol. The van der Waals surface area contributed by atoms with Crippen molar-refractivity contribution in [3.8, 4) is 5.75 Å². The fourth-order valence-corrected chi connectivity index (χ4v) is 2.01. The number of hydrogen-bond donors (Lipinski definition) is 1. The third kappa shape index (κ3) is 6.44. The minimum Gasteiger partial charge on any atom is -0.494 e. The number of nitrogens with two attached hydrogens (primary N) is 1. The summed E-state index contributed by atoms with van der Waals surface area (Å²) < 4.78 is 5.85. The maximum absolute atomic E-state index is 5.85. The first-order chi connectivity index (χ1) is 9.13. The van der Waals surface area contributed by atoms with Crippen LogP contribution >= 0.6 is 0 Å². The maximum Gasteiger partial charge on any atom is 0.119 e. The van der Waals surface area contributed by atoms with Crippen LogP contribution in [0.5, 0.6) is 5.75 Å². The molecular weight excluding hydrogens is 234 g/mol. The Morgan fingerprint density at radius 2 is 2.05 bits per heavy atom. The summed E-state index contributed by atoms with van der Waals surface area (Å²) in [5, 5.41) is 2.27. The van der Waals surface area contributed by atoms with Gasteiger partial charge in [0.05, 0.1) is 19.7 Å². The van der Waals surface area contributed by atoms with Gasteiger partial charge in [-0.1, -0.05) is 26.5 Å². The van der Waals surface area contributed by atoms with E-state index in [2.05, 4.69) is 50.9 Å². The standard InChI is InChI=1S/C17H27NO/c1-5-8-18-9-6-7-10-19-17-12-15(4)11-16(13-17)14(2)3/h5,11-14,18H,1,6-10H2,2-4H3/p+1. The maximum atomic E-state index is 5.85. The van der Waals surface area contributed by atoms with Crippen LogP contribution < -0.4 is 10.1 Å². The number of ether oxygens (including phenoxy) is 1. The van der Waals surface area contributed by atoms with Crippen LogP contribution in [-0.4, -0.2) is 19.7 Å². The van der Waals surface area contributed by atoms with Crippen molar-refractivity contribution < 1.29 is 10.1 Å². The Labute approximate surface area is 117 Å². The number of unbranched alkanes of at least 4 members (excludes halogenated alkanes) is 1. The highest BCUT2D eigenvalue weighted by atomic mass is 16.5. The fourth-order valence-electron chi connectivity index (χ4n) is 2.01. The summed E-state index contributed by atoms with van der Waals surface area (Å²) in [6, 6.07) is 6.53. The van der Waals surface area contributed by atoms with Gasteiger partial charge < -0.3 is 10.1 Å². The SMILES string of the molecule is C=CC[NH2+]CCCCOc1cc(C)cc(C(C)C)c1. The third-order valence-electron chi connectivity index (χ3n) is 3.14. The molecule has 0 bridgehead atoms. The van der Waals surface area contributed by atoms with Crippen molar-refractivity contribution >= 4 is 0 Å². The highest BCUT2D eigenvalue weighted by Gasteiger charge is 2.03. The van der Waals surface area contributed by atoms with Crippen molar-refractivity contribution in [1.82, 2.24) is 0 Å². The summed E-state index contributed by atoms with van der Waals surface area (Å²) in [4.78, 5) is 0. The summed E-state index contributed by atoms with van der Waals surface area (Å²) in [5.74, 6) is 1.56. The van der Waals surface area contributed by atoms with Gasteiger partial charge in [-0.25, -0.2) is 0 Å². The fraction of sp³-hybridized carbons (Fsp3) is 0.529. The first-order valence-electron chi connectivity index (χ1n) is 7.30. The molecule has 0 heterocycles. The van der Waals surface area contributed by atoms with Gasteiger partial charge in [-0.05, 0) is 55.0 Å². The molecule has 0 radical (unpaired) electrons.